The fourth-order valence-corrected chi connectivity index (χ4v) is 1.61. The minimum atomic E-state index is -1.37. The van der Waals surface area contributed by atoms with Gasteiger partial charge in [0.25, 0.3) is 0 Å². The molecule has 0 aliphatic carbocycles. The summed E-state index contributed by atoms with van der Waals surface area (Å²) in [6.07, 6.45) is 0. The molecule has 100 valence electrons. The van der Waals surface area contributed by atoms with Crippen LogP contribution in [0, 0.1) is 5.92 Å². The molecule has 0 unspecified atom stereocenters. The average molecular weight is 271 g/mol. The Kier molecular flexibility index (Phi) is 4.28. The van der Waals surface area contributed by atoms with Crippen molar-refractivity contribution in [3.8, 4) is 0 Å². The summed E-state index contributed by atoms with van der Waals surface area (Å²) in [5, 5.41) is 15.1. The first kappa shape index (κ1) is 14.4. The summed E-state index contributed by atoms with van der Waals surface area (Å²) in [5.41, 5.74) is 5.39. The molecule has 0 fully saturated rings. The zero-order valence-corrected chi connectivity index (χ0v) is 11.6. The van der Waals surface area contributed by atoms with E-state index < -0.39 is 11.6 Å². The average Bonchev–Trinajstić information content (AvgIpc) is 2.64. The minimum Gasteiger partial charge on any atom is -0.478 e. The predicted molar refractivity (Wildman–Crippen MR) is 70.7 cm³/mol. The number of hydrogen-bond acceptors (Lipinski definition) is 6. The van der Waals surface area contributed by atoms with Gasteiger partial charge in [0, 0.05) is 11.3 Å². The molecule has 0 aromatic carbocycles. The Bertz CT molecular complexity index is 466. The lowest BCUT2D eigenvalue weighted by Crippen LogP contribution is -2.33. The van der Waals surface area contributed by atoms with Gasteiger partial charge in [-0.25, -0.2) is 9.78 Å². The van der Waals surface area contributed by atoms with Gasteiger partial charge in [-0.1, -0.05) is 19.0 Å². The van der Waals surface area contributed by atoms with Gasteiger partial charge in [-0.3, -0.25) is 0 Å². The van der Waals surface area contributed by atoms with Gasteiger partial charge in [0.15, 0.2) is 5.13 Å². The van der Waals surface area contributed by atoms with E-state index in [0.29, 0.717) is 16.5 Å². The van der Waals surface area contributed by atoms with Crippen LogP contribution in [-0.4, -0.2) is 27.4 Å². The highest BCUT2D eigenvalue weighted by Crippen LogP contribution is 2.18. The summed E-state index contributed by atoms with van der Waals surface area (Å²) in [6.45, 7) is 6.72. The molecule has 0 amide bonds. The number of nitrogen functional groups attached to an aromatic ring is 1. The van der Waals surface area contributed by atoms with Gasteiger partial charge in [-0.05, 0) is 13.8 Å². The quantitative estimate of drug-likeness (QED) is 0.630. The molecule has 1 aromatic rings. The van der Waals surface area contributed by atoms with Crippen molar-refractivity contribution >= 4 is 28.1 Å². The number of oxime groups is 1. The van der Waals surface area contributed by atoms with E-state index in [2.05, 4.69) is 10.1 Å². The van der Waals surface area contributed by atoms with E-state index in [0.717, 1.165) is 0 Å². The van der Waals surface area contributed by atoms with Crippen molar-refractivity contribution in [2.45, 2.75) is 33.3 Å². The number of anilines is 1. The molecule has 0 bridgehead atoms. The summed E-state index contributed by atoms with van der Waals surface area (Å²) < 4.78 is 0. The maximum absolute atomic E-state index is 10.9. The van der Waals surface area contributed by atoms with Crippen LogP contribution in [0.1, 0.15) is 33.4 Å². The van der Waals surface area contributed by atoms with Crippen molar-refractivity contribution in [1.82, 2.24) is 4.98 Å². The van der Waals surface area contributed by atoms with Crippen LogP contribution in [0.3, 0.4) is 0 Å². The lowest BCUT2D eigenvalue weighted by Gasteiger charge is -2.18. The Morgan fingerprint density at radius 2 is 2.22 bits per heavy atom. The van der Waals surface area contributed by atoms with Crippen molar-refractivity contribution in [3.63, 3.8) is 0 Å². The van der Waals surface area contributed by atoms with Crippen molar-refractivity contribution in [2.75, 3.05) is 5.73 Å². The molecule has 0 aliphatic rings. The van der Waals surface area contributed by atoms with Crippen LogP contribution in [0.15, 0.2) is 10.5 Å². The molecule has 3 N–H and O–H groups in total. The molecule has 0 saturated heterocycles. The van der Waals surface area contributed by atoms with Gasteiger partial charge in [-0.2, -0.15) is 0 Å². The Hall–Kier alpha value is -1.63. The number of aliphatic carboxylic acids is 1. The van der Waals surface area contributed by atoms with E-state index in [1.807, 2.05) is 13.8 Å². The van der Waals surface area contributed by atoms with Crippen LogP contribution in [0.2, 0.25) is 0 Å². The number of carboxylic acids is 1. The molecule has 0 spiro atoms. The second kappa shape index (κ2) is 5.34. The maximum atomic E-state index is 10.9. The van der Waals surface area contributed by atoms with Gasteiger partial charge < -0.3 is 15.7 Å². The van der Waals surface area contributed by atoms with Gasteiger partial charge in [0.2, 0.25) is 5.60 Å². The van der Waals surface area contributed by atoms with Crippen LogP contribution < -0.4 is 5.73 Å². The lowest BCUT2D eigenvalue weighted by atomic mass is 10.1. The zero-order chi connectivity index (χ0) is 13.9. The molecule has 18 heavy (non-hydrogen) atoms. The standard InChI is InChI=1S/C11H17N3O3S/c1-6(2)8(7-5-18-10(12)13-7)14-17-11(3,4)9(15)16/h5-6H,1-4H3,(H2,12,13)(H,15,16)/b14-8-. The Morgan fingerprint density at radius 1 is 1.61 bits per heavy atom. The highest BCUT2D eigenvalue weighted by Gasteiger charge is 2.30. The Labute approximate surface area is 109 Å². The number of nitrogens with two attached hydrogens (primary N) is 1. The monoisotopic (exact) mass is 271 g/mol. The lowest BCUT2D eigenvalue weighted by molar-refractivity contribution is -0.161. The smallest absolute Gasteiger partial charge is 0.350 e. The number of carbonyl (C=O) groups is 1. The third kappa shape index (κ3) is 3.43. The molecule has 0 radical (unpaired) electrons. The van der Waals surface area contributed by atoms with Crippen molar-refractivity contribution in [1.29, 1.82) is 0 Å². The molecular weight excluding hydrogens is 254 g/mol. The number of thiazole rings is 1. The summed E-state index contributed by atoms with van der Waals surface area (Å²) in [4.78, 5) is 20.1. The minimum absolute atomic E-state index is 0.0519. The third-order valence-electron chi connectivity index (χ3n) is 2.22. The molecule has 1 rings (SSSR count). The summed E-state index contributed by atoms with van der Waals surface area (Å²) >= 11 is 1.30. The summed E-state index contributed by atoms with van der Waals surface area (Å²) in [6, 6.07) is 0. The molecule has 0 saturated carbocycles. The number of hydrogen-bond donors (Lipinski definition) is 2. The fraction of sp³-hybridized carbons (Fsp3) is 0.545. The number of nitrogens with zero attached hydrogens (tertiary/aromatic N) is 2. The van der Waals surface area contributed by atoms with Gasteiger partial charge >= 0.3 is 5.97 Å². The molecule has 7 heteroatoms. The molecular formula is C11H17N3O3S. The van der Waals surface area contributed by atoms with Crippen LogP contribution in [-0.2, 0) is 9.63 Å². The van der Waals surface area contributed by atoms with Gasteiger partial charge in [0.05, 0.1) is 0 Å². The summed E-state index contributed by atoms with van der Waals surface area (Å²) in [5.74, 6) is -1.02. The van der Waals surface area contributed by atoms with E-state index in [1.54, 1.807) is 5.38 Å². The second-order valence-electron chi connectivity index (χ2n) is 4.61. The zero-order valence-electron chi connectivity index (χ0n) is 10.8. The SMILES string of the molecule is CC(C)/C(=N/OC(C)(C)C(=O)O)c1csc(N)n1. The normalized spacial score (nSPS) is 12.8. The Morgan fingerprint density at radius 3 is 2.61 bits per heavy atom. The number of aromatic nitrogens is 1. The maximum Gasteiger partial charge on any atom is 0.350 e. The second-order valence-corrected chi connectivity index (χ2v) is 5.50. The van der Waals surface area contributed by atoms with Gasteiger partial charge in [-0.15, -0.1) is 11.3 Å². The molecule has 0 atom stereocenters. The number of carboxylic acid groups (broad SMARTS) is 1. The highest BCUT2D eigenvalue weighted by atomic mass is 32.1. The van der Waals surface area contributed by atoms with E-state index >= 15 is 0 Å². The first-order valence-electron chi connectivity index (χ1n) is 5.45. The third-order valence-corrected chi connectivity index (χ3v) is 2.89. The Balaban J connectivity index is 2.97. The molecule has 6 nitrogen and oxygen atoms in total. The van der Waals surface area contributed by atoms with E-state index in [9.17, 15) is 4.79 Å². The van der Waals surface area contributed by atoms with E-state index in [1.165, 1.54) is 25.2 Å². The fourth-order valence-electron chi connectivity index (χ4n) is 1.06. The highest BCUT2D eigenvalue weighted by molar-refractivity contribution is 7.13. The van der Waals surface area contributed by atoms with Crippen LogP contribution in [0.4, 0.5) is 5.13 Å². The molecule has 1 heterocycles. The van der Waals surface area contributed by atoms with Crippen molar-refractivity contribution < 1.29 is 14.7 Å². The van der Waals surface area contributed by atoms with E-state index in [4.69, 9.17) is 15.7 Å². The van der Waals surface area contributed by atoms with Crippen LogP contribution in [0.25, 0.3) is 0 Å². The van der Waals surface area contributed by atoms with Crippen molar-refractivity contribution in [2.24, 2.45) is 11.1 Å². The topological polar surface area (TPSA) is 97.8 Å². The number of rotatable bonds is 5. The largest absolute Gasteiger partial charge is 0.478 e. The summed E-state index contributed by atoms with van der Waals surface area (Å²) in [7, 11) is 0. The predicted octanol–water partition coefficient (Wildman–Crippen LogP) is 1.97. The van der Waals surface area contributed by atoms with Gasteiger partial charge in [0.1, 0.15) is 11.4 Å². The van der Waals surface area contributed by atoms with E-state index in [-0.39, 0.29) is 5.92 Å². The first-order valence-corrected chi connectivity index (χ1v) is 6.33. The van der Waals surface area contributed by atoms with Crippen molar-refractivity contribution in [3.05, 3.63) is 11.1 Å². The molecule has 0 aliphatic heterocycles. The molecule has 1 aromatic heterocycles. The van der Waals surface area contributed by atoms with Crippen LogP contribution in [0.5, 0.6) is 0 Å². The van der Waals surface area contributed by atoms with Crippen LogP contribution >= 0.6 is 11.3 Å². The first-order chi connectivity index (χ1) is 8.24.